The Labute approximate surface area is 228 Å². The van der Waals surface area contributed by atoms with E-state index >= 15 is 0 Å². The number of hydrogen-bond donors (Lipinski definition) is 1. The summed E-state index contributed by atoms with van der Waals surface area (Å²) >= 11 is 0. The van der Waals surface area contributed by atoms with Crippen LogP contribution in [0.2, 0.25) is 0 Å². The molecule has 10 heteroatoms. The Morgan fingerprint density at radius 3 is 2.21 bits per heavy atom. The highest BCUT2D eigenvalue weighted by molar-refractivity contribution is 7.92. The lowest BCUT2D eigenvalue weighted by molar-refractivity contribution is -0.140. The third-order valence-corrected chi connectivity index (χ3v) is 7.17. The first-order valence-corrected chi connectivity index (χ1v) is 14.4. The van der Waals surface area contributed by atoms with E-state index in [0.717, 1.165) is 28.3 Å². The largest absolute Gasteiger partial charge is 0.354 e. The van der Waals surface area contributed by atoms with Gasteiger partial charge in [-0.2, -0.15) is 0 Å². The standard InChI is InChI=1S/C29H33F2N3O4S/c1-21(2)18-32-29(36)27(16-22-10-5-4-6-11-22)33(19-23-12-7-8-15-26(23)31)28(35)20-34(39(3,37)38)25-14-9-13-24(30)17-25/h4-15,17,21,27H,16,18-20H2,1-3H3,(H,32,36)/t27-/m0/s1. The van der Waals surface area contributed by atoms with Crippen molar-refractivity contribution in [2.75, 3.05) is 23.7 Å². The molecule has 0 aromatic heterocycles. The summed E-state index contributed by atoms with van der Waals surface area (Å²) in [4.78, 5) is 28.6. The number of anilines is 1. The van der Waals surface area contributed by atoms with Gasteiger partial charge in [-0.15, -0.1) is 0 Å². The number of rotatable bonds is 12. The molecule has 0 saturated carbocycles. The number of carbonyl (C=O) groups is 2. The molecule has 3 aromatic rings. The Morgan fingerprint density at radius 2 is 1.59 bits per heavy atom. The highest BCUT2D eigenvalue weighted by Crippen LogP contribution is 2.21. The SMILES string of the molecule is CC(C)CNC(=O)[C@H](Cc1ccccc1)N(Cc1ccccc1F)C(=O)CN(c1cccc(F)c1)S(C)(=O)=O. The molecule has 0 unspecified atom stereocenters. The first-order chi connectivity index (χ1) is 18.5. The van der Waals surface area contributed by atoms with Gasteiger partial charge in [-0.3, -0.25) is 13.9 Å². The molecule has 0 spiro atoms. The summed E-state index contributed by atoms with van der Waals surface area (Å²) < 4.78 is 54.8. The van der Waals surface area contributed by atoms with Crippen LogP contribution < -0.4 is 9.62 Å². The minimum Gasteiger partial charge on any atom is -0.354 e. The first-order valence-electron chi connectivity index (χ1n) is 12.5. The maximum atomic E-state index is 14.7. The van der Waals surface area contributed by atoms with Gasteiger partial charge in [0.2, 0.25) is 21.8 Å². The Bertz CT molecular complexity index is 1380. The molecular formula is C29H33F2N3O4S. The highest BCUT2D eigenvalue weighted by atomic mass is 32.2. The normalized spacial score (nSPS) is 12.2. The van der Waals surface area contributed by atoms with Crippen LogP contribution in [0.15, 0.2) is 78.9 Å². The molecule has 3 rings (SSSR count). The van der Waals surface area contributed by atoms with Gasteiger partial charge in [0.15, 0.2) is 0 Å². The van der Waals surface area contributed by atoms with E-state index in [4.69, 9.17) is 0 Å². The molecule has 7 nitrogen and oxygen atoms in total. The molecule has 39 heavy (non-hydrogen) atoms. The Morgan fingerprint density at radius 1 is 0.923 bits per heavy atom. The molecule has 0 aliphatic rings. The summed E-state index contributed by atoms with van der Waals surface area (Å²) in [5, 5.41) is 2.85. The van der Waals surface area contributed by atoms with Crippen LogP contribution in [-0.4, -0.2) is 50.5 Å². The molecule has 0 heterocycles. The van der Waals surface area contributed by atoms with Crippen molar-refractivity contribution < 1.29 is 26.8 Å². The zero-order valence-corrected chi connectivity index (χ0v) is 23.0. The number of hydrogen-bond acceptors (Lipinski definition) is 4. The number of carbonyl (C=O) groups excluding carboxylic acids is 2. The van der Waals surface area contributed by atoms with Gasteiger partial charge in [-0.05, 0) is 35.7 Å². The van der Waals surface area contributed by atoms with Crippen LogP contribution in [0.1, 0.15) is 25.0 Å². The van der Waals surface area contributed by atoms with Crippen molar-refractivity contribution in [3.8, 4) is 0 Å². The zero-order chi connectivity index (χ0) is 28.6. The summed E-state index contributed by atoms with van der Waals surface area (Å²) in [6.45, 7) is 3.22. The van der Waals surface area contributed by atoms with Crippen LogP contribution in [0.3, 0.4) is 0 Å². The van der Waals surface area contributed by atoms with Crippen molar-refractivity contribution in [2.24, 2.45) is 5.92 Å². The molecule has 208 valence electrons. The number of sulfonamides is 1. The van der Waals surface area contributed by atoms with Gasteiger partial charge in [0.05, 0.1) is 11.9 Å². The van der Waals surface area contributed by atoms with Gasteiger partial charge in [0.1, 0.15) is 24.2 Å². The van der Waals surface area contributed by atoms with Gasteiger partial charge < -0.3 is 10.2 Å². The van der Waals surface area contributed by atoms with Crippen molar-refractivity contribution >= 4 is 27.5 Å². The van der Waals surface area contributed by atoms with Gasteiger partial charge in [0, 0.05) is 25.1 Å². The number of halogens is 2. The van der Waals surface area contributed by atoms with E-state index in [1.54, 1.807) is 18.2 Å². The second kappa shape index (κ2) is 13.3. The van der Waals surface area contributed by atoms with Gasteiger partial charge in [-0.1, -0.05) is 68.4 Å². The van der Waals surface area contributed by atoms with E-state index in [0.29, 0.717) is 6.54 Å². The molecule has 0 aliphatic carbocycles. The molecule has 0 bridgehead atoms. The fourth-order valence-corrected chi connectivity index (χ4v) is 4.87. The third-order valence-electron chi connectivity index (χ3n) is 6.03. The van der Waals surface area contributed by atoms with Gasteiger partial charge in [0.25, 0.3) is 0 Å². The topological polar surface area (TPSA) is 86.8 Å². The fourth-order valence-electron chi connectivity index (χ4n) is 4.03. The van der Waals surface area contributed by atoms with E-state index in [1.165, 1.54) is 35.2 Å². The lowest BCUT2D eigenvalue weighted by Crippen LogP contribution is -2.53. The van der Waals surface area contributed by atoms with E-state index in [2.05, 4.69) is 5.32 Å². The molecule has 1 atom stereocenters. The molecule has 0 fully saturated rings. The molecule has 0 saturated heterocycles. The average Bonchev–Trinajstić information content (AvgIpc) is 2.88. The zero-order valence-electron chi connectivity index (χ0n) is 22.2. The van der Waals surface area contributed by atoms with Gasteiger partial charge in [-0.25, -0.2) is 17.2 Å². The van der Waals surface area contributed by atoms with E-state index < -0.39 is 46.1 Å². The van der Waals surface area contributed by atoms with Crippen LogP contribution in [0.5, 0.6) is 0 Å². The maximum absolute atomic E-state index is 14.7. The molecule has 0 radical (unpaired) electrons. The van der Waals surface area contributed by atoms with Crippen molar-refractivity contribution in [3.05, 3.63) is 102 Å². The summed E-state index contributed by atoms with van der Waals surface area (Å²) in [5.41, 5.74) is 0.886. The first kappa shape index (κ1) is 29.8. The second-order valence-corrected chi connectivity index (χ2v) is 11.6. The number of benzene rings is 3. The van der Waals surface area contributed by atoms with E-state index in [1.807, 2.05) is 32.0 Å². The van der Waals surface area contributed by atoms with Crippen LogP contribution in [0.25, 0.3) is 0 Å². The molecular weight excluding hydrogens is 524 g/mol. The molecule has 2 amide bonds. The lowest BCUT2D eigenvalue weighted by atomic mass is 10.0. The van der Waals surface area contributed by atoms with Crippen LogP contribution in [-0.2, 0) is 32.6 Å². The fraction of sp³-hybridized carbons (Fsp3) is 0.310. The van der Waals surface area contributed by atoms with Crippen molar-refractivity contribution in [1.82, 2.24) is 10.2 Å². The monoisotopic (exact) mass is 557 g/mol. The lowest BCUT2D eigenvalue weighted by Gasteiger charge is -2.33. The number of nitrogens with zero attached hydrogens (tertiary/aromatic N) is 2. The third kappa shape index (κ3) is 8.61. The Hall–Kier alpha value is -3.79. The quantitative estimate of drug-likeness (QED) is 0.363. The van der Waals surface area contributed by atoms with Crippen molar-refractivity contribution in [3.63, 3.8) is 0 Å². The number of nitrogens with one attached hydrogen (secondary N) is 1. The smallest absolute Gasteiger partial charge is 0.244 e. The predicted octanol–water partition coefficient (Wildman–Crippen LogP) is 4.14. The summed E-state index contributed by atoms with van der Waals surface area (Å²) in [7, 11) is -4.03. The van der Waals surface area contributed by atoms with Crippen LogP contribution in [0, 0.1) is 17.6 Å². The predicted molar refractivity (Wildman–Crippen MR) is 147 cm³/mol. The van der Waals surface area contributed by atoms with Crippen molar-refractivity contribution in [1.29, 1.82) is 0 Å². The number of amides is 2. The Balaban J connectivity index is 2.06. The summed E-state index contributed by atoms with van der Waals surface area (Å²) in [5.74, 6) is -2.30. The van der Waals surface area contributed by atoms with E-state index in [9.17, 15) is 26.8 Å². The summed E-state index contributed by atoms with van der Waals surface area (Å²) in [6.07, 6.45) is 1.02. The summed E-state index contributed by atoms with van der Waals surface area (Å²) in [6, 6.07) is 18.7. The maximum Gasteiger partial charge on any atom is 0.244 e. The molecule has 1 N–H and O–H groups in total. The molecule has 3 aromatic carbocycles. The minimum atomic E-state index is -4.03. The highest BCUT2D eigenvalue weighted by Gasteiger charge is 2.33. The van der Waals surface area contributed by atoms with Crippen molar-refractivity contribution in [2.45, 2.75) is 32.9 Å². The second-order valence-electron chi connectivity index (χ2n) is 9.71. The Kier molecular flexibility index (Phi) is 10.2. The minimum absolute atomic E-state index is 0.0411. The van der Waals surface area contributed by atoms with E-state index in [-0.39, 0.29) is 30.1 Å². The molecule has 0 aliphatic heterocycles. The van der Waals surface area contributed by atoms with Crippen LogP contribution in [0.4, 0.5) is 14.5 Å². The van der Waals surface area contributed by atoms with Crippen LogP contribution >= 0.6 is 0 Å². The van der Waals surface area contributed by atoms with Gasteiger partial charge >= 0.3 is 0 Å². The average molecular weight is 558 g/mol.